The lowest BCUT2D eigenvalue weighted by atomic mass is 10.0. The molecular formula is C6H12NO3+. The maximum absolute atomic E-state index is 10.4. The molecule has 1 heterocycles. The molecule has 1 saturated heterocycles. The van der Waals surface area contributed by atoms with E-state index in [1.165, 1.54) is 0 Å². The zero-order chi connectivity index (χ0) is 7.56. The number of carbonyl (C=O) groups is 1. The standard InChI is InChI=1S/C6H11NO3/c8-4-1-2-7-5(3-4)6(9)10/h4-5,7-8H,1-3H2,(H,9,10)/p+1/t4-,5+/m0/s1. The molecule has 1 aliphatic rings. The number of carboxylic acid groups (broad SMARTS) is 1. The number of aliphatic hydroxyl groups is 1. The molecule has 10 heavy (non-hydrogen) atoms. The third-order valence-electron chi connectivity index (χ3n) is 1.79. The Bertz CT molecular complexity index is 137. The molecule has 1 fully saturated rings. The number of quaternary nitrogens is 1. The van der Waals surface area contributed by atoms with E-state index in [-0.39, 0.29) is 0 Å². The molecule has 0 unspecified atom stereocenters. The van der Waals surface area contributed by atoms with Crippen LogP contribution in [0.2, 0.25) is 0 Å². The van der Waals surface area contributed by atoms with Crippen LogP contribution < -0.4 is 5.32 Å². The lowest BCUT2D eigenvalue weighted by Gasteiger charge is -2.20. The highest BCUT2D eigenvalue weighted by atomic mass is 16.4. The number of carboxylic acids is 1. The molecule has 0 bridgehead atoms. The van der Waals surface area contributed by atoms with E-state index in [1.54, 1.807) is 5.32 Å². The fourth-order valence-corrected chi connectivity index (χ4v) is 1.20. The third kappa shape index (κ3) is 1.68. The van der Waals surface area contributed by atoms with Crippen LogP contribution in [0.25, 0.3) is 0 Å². The van der Waals surface area contributed by atoms with Crippen molar-refractivity contribution in [3.05, 3.63) is 0 Å². The predicted octanol–water partition coefficient (Wildman–Crippen LogP) is -1.84. The van der Waals surface area contributed by atoms with Gasteiger partial charge >= 0.3 is 5.97 Å². The van der Waals surface area contributed by atoms with Crippen LogP contribution in [0.15, 0.2) is 0 Å². The van der Waals surface area contributed by atoms with Gasteiger partial charge in [0.05, 0.1) is 12.6 Å². The van der Waals surface area contributed by atoms with E-state index in [4.69, 9.17) is 10.2 Å². The van der Waals surface area contributed by atoms with Crippen LogP contribution in [-0.2, 0) is 4.79 Å². The molecule has 0 spiro atoms. The highest BCUT2D eigenvalue weighted by Gasteiger charge is 2.28. The molecule has 0 aromatic rings. The van der Waals surface area contributed by atoms with Gasteiger partial charge in [-0.25, -0.2) is 4.79 Å². The zero-order valence-electron chi connectivity index (χ0n) is 5.66. The molecule has 4 N–H and O–H groups in total. The van der Waals surface area contributed by atoms with Gasteiger partial charge in [-0.15, -0.1) is 0 Å². The van der Waals surface area contributed by atoms with Gasteiger partial charge in [0.2, 0.25) is 0 Å². The van der Waals surface area contributed by atoms with Crippen LogP contribution in [-0.4, -0.2) is 34.9 Å². The van der Waals surface area contributed by atoms with Crippen LogP contribution in [0.4, 0.5) is 0 Å². The Morgan fingerprint density at radius 3 is 2.70 bits per heavy atom. The summed E-state index contributed by atoms with van der Waals surface area (Å²) in [6, 6.07) is -0.427. The minimum absolute atomic E-state index is 0.384. The fraction of sp³-hybridized carbons (Fsp3) is 0.833. The van der Waals surface area contributed by atoms with Crippen LogP contribution in [0.3, 0.4) is 0 Å². The minimum Gasteiger partial charge on any atom is -0.477 e. The third-order valence-corrected chi connectivity index (χ3v) is 1.79. The Morgan fingerprint density at radius 1 is 1.60 bits per heavy atom. The lowest BCUT2D eigenvalue weighted by Crippen LogP contribution is -2.94. The van der Waals surface area contributed by atoms with Crippen molar-refractivity contribution in [3.63, 3.8) is 0 Å². The van der Waals surface area contributed by atoms with Gasteiger partial charge in [0.15, 0.2) is 6.04 Å². The van der Waals surface area contributed by atoms with Gasteiger partial charge in [-0.2, -0.15) is 0 Å². The van der Waals surface area contributed by atoms with Crippen LogP contribution in [0.1, 0.15) is 12.8 Å². The quantitative estimate of drug-likeness (QED) is 0.407. The first-order valence-corrected chi connectivity index (χ1v) is 3.44. The molecule has 1 rings (SSSR count). The minimum atomic E-state index is -0.821. The van der Waals surface area contributed by atoms with Gasteiger partial charge < -0.3 is 15.5 Å². The normalized spacial score (nSPS) is 33.7. The summed E-state index contributed by atoms with van der Waals surface area (Å²) in [7, 11) is 0. The highest BCUT2D eigenvalue weighted by molar-refractivity contribution is 5.71. The Morgan fingerprint density at radius 2 is 2.30 bits per heavy atom. The SMILES string of the molecule is O=C(O)[C@H]1C[C@@H](O)CC[NH2+]1. The number of hydrogen-bond acceptors (Lipinski definition) is 2. The molecule has 4 nitrogen and oxygen atoms in total. The first-order valence-electron chi connectivity index (χ1n) is 3.44. The smallest absolute Gasteiger partial charge is 0.362 e. The monoisotopic (exact) mass is 146 g/mol. The van der Waals surface area contributed by atoms with Crippen molar-refractivity contribution >= 4 is 5.97 Å². The molecular weight excluding hydrogens is 134 g/mol. The first-order chi connectivity index (χ1) is 4.70. The summed E-state index contributed by atoms with van der Waals surface area (Å²) in [6.07, 6.45) is 0.685. The molecule has 0 aromatic heterocycles. The van der Waals surface area contributed by atoms with Crippen LogP contribution >= 0.6 is 0 Å². The van der Waals surface area contributed by atoms with Crippen molar-refractivity contribution in [2.24, 2.45) is 0 Å². The summed E-state index contributed by atoms with van der Waals surface area (Å²) in [5.74, 6) is -0.821. The summed E-state index contributed by atoms with van der Waals surface area (Å²) in [6.45, 7) is 0.720. The van der Waals surface area contributed by atoms with Gasteiger partial charge in [0.1, 0.15) is 0 Å². The second kappa shape index (κ2) is 2.98. The second-order valence-electron chi connectivity index (χ2n) is 2.65. The number of hydrogen-bond donors (Lipinski definition) is 3. The van der Waals surface area contributed by atoms with E-state index in [1.807, 2.05) is 0 Å². The van der Waals surface area contributed by atoms with Gasteiger partial charge in [-0.3, -0.25) is 0 Å². The van der Waals surface area contributed by atoms with Crippen molar-refractivity contribution in [3.8, 4) is 0 Å². The van der Waals surface area contributed by atoms with Gasteiger partial charge in [-0.1, -0.05) is 0 Å². The van der Waals surface area contributed by atoms with Gasteiger partial charge in [0, 0.05) is 12.8 Å². The molecule has 58 valence electrons. The summed E-state index contributed by atoms with van der Waals surface area (Å²) in [5, 5.41) is 19.3. The number of aliphatic carboxylic acids is 1. The Kier molecular flexibility index (Phi) is 2.24. The lowest BCUT2D eigenvalue weighted by molar-refractivity contribution is -0.688. The largest absolute Gasteiger partial charge is 0.477 e. The van der Waals surface area contributed by atoms with E-state index in [0.29, 0.717) is 12.8 Å². The molecule has 0 aromatic carbocycles. The summed E-state index contributed by atoms with van der Waals surface area (Å²) in [4.78, 5) is 10.4. The van der Waals surface area contributed by atoms with Crippen molar-refractivity contribution in [2.45, 2.75) is 25.0 Å². The molecule has 0 saturated carbocycles. The van der Waals surface area contributed by atoms with Crippen molar-refractivity contribution in [1.29, 1.82) is 0 Å². The van der Waals surface area contributed by atoms with Crippen molar-refractivity contribution in [1.82, 2.24) is 0 Å². The van der Waals surface area contributed by atoms with E-state index in [0.717, 1.165) is 6.54 Å². The number of aliphatic hydroxyl groups excluding tert-OH is 1. The number of rotatable bonds is 1. The maximum atomic E-state index is 10.4. The molecule has 0 aliphatic carbocycles. The average Bonchev–Trinajstić information content (AvgIpc) is 1.88. The number of nitrogens with two attached hydrogens (primary N) is 1. The summed E-state index contributed by atoms with van der Waals surface area (Å²) in [5.41, 5.74) is 0. The Labute approximate surface area is 58.9 Å². The molecule has 2 atom stereocenters. The summed E-state index contributed by atoms with van der Waals surface area (Å²) < 4.78 is 0. The van der Waals surface area contributed by atoms with Gasteiger partial charge in [-0.05, 0) is 0 Å². The van der Waals surface area contributed by atoms with Crippen molar-refractivity contribution < 1.29 is 20.3 Å². The zero-order valence-corrected chi connectivity index (χ0v) is 5.66. The molecule has 0 radical (unpaired) electrons. The molecule has 0 amide bonds. The van der Waals surface area contributed by atoms with Crippen LogP contribution in [0, 0.1) is 0 Å². The first kappa shape index (κ1) is 7.50. The van der Waals surface area contributed by atoms with Crippen LogP contribution in [0.5, 0.6) is 0 Å². The Balaban J connectivity index is 2.39. The predicted molar refractivity (Wildman–Crippen MR) is 33.5 cm³/mol. The molecule has 1 aliphatic heterocycles. The molecule has 4 heteroatoms. The fourth-order valence-electron chi connectivity index (χ4n) is 1.20. The number of piperidine rings is 1. The highest BCUT2D eigenvalue weighted by Crippen LogP contribution is 2.02. The van der Waals surface area contributed by atoms with E-state index in [2.05, 4.69) is 0 Å². The average molecular weight is 146 g/mol. The van der Waals surface area contributed by atoms with Crippen molar-refractivity contribution in [2.75, 3.05) is 6.54 Å². The van der Waals surface area contributed by atoms with E-state index >= 15 is 0 Å². The Hall–Kier alpha value is -0.610. The maximum Gasteiger partial charge on any atom is 0.362 e. The van der Waals surface area contributed by atoms with E-state index in [9.17, 15) is 4.79 Å². The van der Waals surface area contributed by atoms with E-state index < -0.39 is 18.1 Å². The topological polar surface area (TPSA) is 74.1 Å². The van der Waals surface area contributed by atoms with Gasteiger partial charge in [0.25, 0.3) is 0 Å². The second-order valence-corrected chi connectivity index (χ2v) is 2.65. The summed E-state index contributed by atoms with van der Waals surface area (Å²) >= 11 is 0.